The number of benzene rings is 1. The molecule has 0 amide bonds. The van der Waals surface area contributed by atoms with Gasteiger partial charge < -0.3 is 19.8 Å². The molecule has 2 N–H and O–H groups in total. The number of nitrogens with zero attached hydrogens (tertiary/aromatic N) is 1. The maximum Gasteiger partial charge on any atom is 0.336 e. The fraction of sp³-hybridized carbons (Fsp3) is 0.250. The van der Waals surface area contributed by atoms with Crippen LogP contribution in [0.2, 0.25) is 10.0 Å². The fourth-order valence-electron chi connectivity index (χ4n) is 3.38. The van der Waals surface area contributed by atoms with Gasteiger partial charge in [0.1, 0.15) is 5.82 Å². The minimum absolute atomic E-state index is 0.235. The summed E-state index contributed by atoms with van der Waals surface area (Å²) in [5, 5.41) is 3.69. The van der Waals surface area contributed by atoms with E-state index in [-0.39, 0.29) is 22.6 Å². The first-order valence-electron chi connectivity index (χ1n) is 8.68. The van der Waals surface area contributed by atoms with Crippen LogP contribution in [-0.2, 0) is 25.5 Å². The molecule has 3 rings (SSSR count). The van der Waals surface area contributed by atoms with Crippen LogP contribution < -0.4 is 5.32 Å². The molecule has 0 bridgehead atoms. The maximum atomic E-state index is 12.8. The highest BCUT2D eigenvalue weighted by molar-refractivity contribution is 6.42. The summed E-state index contributed by atoms with van der Waals surface area (Å²) in [6.45, 7) is 1.73. The molecule has 1 aliphatic heterocycles. The number of aromatic amines is 1. The molecular formula is C20H19Cl2N3O4. The number of imidazole rings is 1. The van der Waals surface area contributed by atoms with Gasteiger partial charge >= 0.3 is 11.9 Å². The van der Waals surface area contributed by atoms with Gasteiger partial charge in [-0.05, 0) is 18.6 Å². The number of dihydropyridines is 1. The molecule has 0 spiro atoms. The zero-order valence-corrected chi connectivity index (χ0v) is 17.5. The van der Waals surface area contributed by atoms with Crippen LogP contribution in [0, 0.1) is 0 Å². The van der Waals surface area contributed by atoms with E-state index in [0.29, 0.717) is 27.8 Å². The molecule has 1 atom stereocenters. The number of nitrogens with one attached hydrogen (secondary N) is 2. The Morgan fingerprint density at radius 3 is 2.45 bits per heavy atom. The average molecular weight is 436 g/mol. The van der Waals surface area contributed by atoms with Crippen molar-refractivity contribution in [3.05, 3.63) is 74.6 Å². The summed E-state index contributed by atoms with van der Waals surface area (Å²) in [5.41, 5.74) is 2.06. The number of aromatic nitrogens is 2. The van der Waals surface area contributed by atoms with Crippen LogP contribution in [0.25, 0.3) is 0 Å². The van der Waals surface area contributed by atoms with Gasteiger partial charge in [-0.1, -0.05) is 35.3 Å². The fourth-order valence-corrected chi connectivity index (χ4v) is 3.80. The highest BCUT2D eigenvalue weighted by atomic mass is 35.5. The molecule has 1 aromatic heterocycles. The number of carbonyl (C=O) groups excluding carboxylic acids is 2. The number of rotatable bonds is 5. The molecule has 0 saturated carbocycles. The van der Waals surface area contributed by atoms with E-state index < -0.39 is 17.9 Å². The molecule has 0 radical (unpaired) electrons. The minimum atomic E-state index is -0.827. The Balaban J connectivity index is 2.27. The van der Waals surface area contributed by atoms with E-state index in [0.717, 1.165) is 0 Å². The highest BCUT2D eigenvalue weighted by Crippen LogP contribution is 2.43. The highest BCUT2D eigenvalue weighted by Gasteiger charge is 2.39. The number of hydrogen-bond acceptors (Lipinski definition) is 6. The third-order valence-corrected chi connectivity index (χ3v) is 5.48. The molecule has 1 aromatic carbocycles. The summed E-state index contributed by atoms with van der Waals surface area (Å²) in [5.74, 6) is -1.38. The van der Waals surface area contributed by atoms with Crippen LogP contribution >= 0.6 is 23.2 Å². The first kappa shape index (κ1) is 21.0. The number of carbonyl (C=O) groups is 2. The zero-order chi connectivity index (χ0) is 21.1. The molecule has 2 aromatic rings. The van der Waals surface area contributed by atoms with Crippen molar-refractivity contribution >= 4 is 35.1 Å². The van der Waals surface area contributed by atoms with Crippen molar-refractivity contribution < 1.29 is 19.1 Å². The van der Waals surface area contributed by atoms with E-state index in [1.165, 1.54) is 14.2 Å². The lowest BCUT2D eigenvalue weighted by molar-refractivity contribution is -0.137. The molecule has 29 heavy (non-hydrogen) atoms. The second-order valence-electron chi connectivity index (χ2n) is 6.33. The molecular weight excluding hydrogens is 417 g/mol. The second kappa shape index (κ2) is 8.71. The number of H-pyrrole nitrogens is 1. The first-order chi connectivity index (χ1) is 13.9. The average Bonchev–Trinajstić information content (AvgIpc) is 3.21. The van der Waals surface area contributed by atoms with Gasteiger partial charge in [0.05, 0.1) is 41.3 Å². The van der Waals surface area contributed by atoms with Crippen molar-refractivity contribution in [1.29, 1.82) is 0 Å². The number of hydrogen-bond donors (Lipinski definition) is 2. The molecule has 1 unspecified atom stereocenters. The molecule has 0 aliphatic carbocycles. The number of halogens is 2. The molecule has 0 fully saturated rings. The standard InChI is InChI=1S/C20H19Cl2N3O4/c1-10-15(19(26)28-2)16(11-5-4-6-12(21)18(11)22)17(20(27)29-3)13(25-10)9-14-23-7-8-24-14/h4-8,16,25H,9H2,1-3H3,(H,23,24). The third kappa shape index (κ3) is 4.02. The van der Waals surface area contributed by atoms with Gasteiger partial charge in [0.25, 0.3) is 0 Å². The van der Waals surface area contributed by atoms with Crippen LogP contribution in [0.4, 0.5) is 0 Å². The maximum absolute atomic E-state index is 12.8. The topological polar surface area (TPSA) is 93.3 Å². The van der Waals surface area contributed by atoms with Crippen LogP contribution in [0.15, 0.2) is 53.1 Å². The summed E-state index contributed by atoms with van der Waals surface area (Å²) in [7, 11) is 2.55. The Kier molecular flexibility index (Phi) is 6.30. The Hall–Kier alpha value is -2.77. The van der Waals surface area contributed by atoms with Gasteiger partial charge in [0.15, 0.2) is 0 Å². The first-order valence-corrected chi connectivity index (χ1v) is 9.44. The Morgan fingerprint density at radius 1 is 1.14 bits per heavy atom. The van der Waals surface area contributed by atoms with Crippen molar-refractivity contribution in [1.82, 2.24) is 15.3 Å². The van der Waals surface area contributed by atoms with Gasteiger partial charge in [0, 0.05) is 30.2 Å². The van der Waals surface area contributed by atoms with Gasteiger partial charge in [-0.3, -0.25) is 0 Å². The largest absolute Gasteiger partial charge is 0.466 e. The lowest BCUT2D eigenvalue weighted by Gasteiger charge is -2.31. The van der Waals surface area contributed by atoms with Gasteiger partial charge in [-0.2, -0.15) is 0 Å². The molecule has 152 valence electrons. The minimum Gasteiger partial charge on any atom is -0.466 e. The third-order valence-electron chi connectivity index (χ3n) is 4.65. The predicted octanol–water partition coefficient (Wildman–Crippen LogP) is 3.52. The van der Waals surface area contributed by atoms with Crippen LogP contribution in [-0.4, -0.2) is 36.1 Å². The van der Waals surface area contributed by atoms with E-state index in [9.17, 15) is 9.59 Å². The summed E-state index contributed by atoms with van der Waals surface area (Å²) in [4.78, 5) is 32.7. The molecule has 1 aliphatic rings. The lowest BCUT2D eigenvalue weighted by atomic mass is 9.79. The van der Waals surface area contributed by atoms with Gasteiger partial charge in [-0.15, -0.1) is 0 Å². The number of ether oxygens (including phenoxy) is 2. The lowest BCUT2D eigenvalue weighted by Crippen LogP contribution is -2.34. The Bertz CT molecular complexity index is 1010. The van der Waals surface area contributed by atoms with Crippen molar-refractivity contribution in [3.8, 4) is 0 Å². The van der Waals surface area contributed by atoms with Crippen LogP contribution in [0.1, 0.15) is 24.2 Å². The number of allylic oxidation sites excluding steroid dienone is 2. The zero-order valence-electron chi connectivity index (χ0n) is 16.0. The number of esters is 2. The molecule has 0 saturated heterocycles. The van der Waals surface area contributed by atoms with E-state index in [4.69, 9.17) is 32.7 Å². The second-order valence-corrected chi connectivity index (χ2v) is 7.11. The smallest absolute Gasteiger partial charge is 0.336 e. The van der Waals surface area contributed by atoms with Crippen LogP contribution in [0.3, 0.4) is 0 Å². The van der Waals surface area contributed by atoms with Gasteiger partial charge in [-0.25, -0.2) is 14.6 Å². The normalized spacial score (nSPS) is 16.5. The summed E-state index contributed by atoms with van der Waals surface area (Å²) < 4.78 is 10.0. The van der Waals surface area contributed by atoms with Crippen molar-refractivity contribution in [3.63, 3.8) is 0 Å². The summed E-state index contributed by atoms with van der Waals surface area (Å²) in [6.07, 6.45) is 3.59. The van der Waals surface area contributed by atoms with Gasteiger partial charge in [0.2, 0.25) is 0 Å². The Morgan fingerprint density at radius 2 is 1.83 bits per heavy atom. The van der Waals surface area contributed by atoms with E-state index in [1.54, 1.807) is 37.5 Å². The van der Waals surface area contributed by atoms with E-state index in [1.807, 2.05) is 0 Å². The van der Waals surface area contributed by atoms with E-state index in [2.05, 4.69) is 15.3 Å². The molecule has 7 nitrogen and oxygen atoms in total. The molecule has 2 heterocycles. The quantitative estimate of drug-likeness (QED) is 0.697. The van der Waals surface area contributed by atoms with Crippen molar-refractivity contribution in [2.24, 2.45) is 0 Å². The molecule has 9 heteroatoms. The predicted molar refractivity (Wildman–Crippen MR) is 108 cm³/mol. The van der Waals surface area contributed by atoms with Crippen molar-refractivity contribution in [2.75, 3.05) is 14.2 Å². The van der Waals surface area contributed by atoms with E-state index >= 15 is 0 Å². The number of methoxy groups -OCH3 is 2. The summed E-state index contributed by atoms with van der Waals surface area (Å²) in [6, 6.07) is 5.05. The Labute approximate surface area is 177 Å². The monoisotopic (exact) mass is 435 g/mol. The SMILES string of the molecule is COC(=O)C1=C(C)NC(Cc2ncc[nH]2)=C(C(=O)OC)C1c1cccc(Cl)c1Cl. The van der Waals surface area contributed by atoms with Crippen molar-refractivity contribution in [2.45, 2.75) is 19.3 Å². The summed E-state index contributed by atoms with van der Waals surface area (Å²) >= 11 is 12.7. The van der Waals surface area contributed by atoms with Crippen LogP contribution in [0.5, 0.6) is 0 Å².